The number of halogens is 1. The van der Waals surface area contributed by atoms with Crippen LogP contribution in [0.15, 0.2) is 53.4 Å². The first-order valence-electron chi connectivity index (χ1n) is 11.0. The van der Waals surface area contributed by atoms with Crippen molar-refractivity contribution in [1.29, 1.82) is 0 Å². The summed E-state index contributed by atoms with van der Waals surface area (Å²) < 4.78 is 40.3. The molecule has 1 unspecified atom stereocenters. The molecule has 0 saturated carbocycles. The van der Waals surface area contributed by atoms with Gasteiger partial charge in [0, 0.05) is 26.1 Å². The summed E-state index contributed by atoms with van der Waals surface area (Å²) in [5, 5.41) is 0. The second-order valence-electron chi connectivity index (χ2n) is 8.02. The number of hydrogen-bond donors (Lipinski definition) is 0. The third-order valence-corrected chi connectivity index (χ3v) is 7.90. The highest BCUT2D eigenvalue weighted by atomic mass is 32.2. The van der Waals surface area contributed by atoms with Crippen LogP contribution < -0.4 is 0 Å². The highest BCUT2D eigenvalue weighted by Crippen LogP contribution is 2.23. The fourth-order valence-electron chi connectivity index (χ4n) is 4.06. The molecule has 0 bridgehead atoms. The Morgan fingerprint density at radius 1 is 1.03 bits per heavy atom. The lowest BCUT2D eigenvalue weighted by Crippen LogP contribution is -2.35. The number of hydrogen-bond acceptors (Lipinski definition) is 3. The molecule has 31 heavy (non-hydrogen) atoms. The van der Waals surface area contributed by atoms with E-state index in [-0.39, 0.29) is 17.8 Å². The Morgan fingerprint density at radius 2 is 1.65 bits per heavy atom. The van der Waals surface area contributed by atoms with E-state index in [1.165, 1.54) is 12.1 Å². The van der Waals surface area contributed by atoms with E-state index in [0.29, 0.717) is 37.4 Å². The zero-order valence-corrected chi connectivity index (χ0v) is 19.1. The molecule has 2 aromatic carbocycles. The lowest BCUT2D eigenvalue weighted by molar-refractivity contribution is -0.133. The molecule has 168 valence electrons. The maximum atomic E-state index is 13.2. The van der Waals surface area contributed by atoms with Crippen molar-refractivity contribution < 1.29 is 17.6 Å². The van der Waals surface area contributed by atoms with Crippen LogP contribution in [0.25, 0.3) is 0 Å². The van der Waals surface area contributed by atoms with Gasteiger partial charge in [-0.2, -0.15) is 4.31 Å². The van der Waals surface area contributed by atoms with Crippen LogP contribution in [0.1, 0.15) is 56.7 Å². The SMILES string of the molecule is CCN(C(=O)CCc1ccc(S(=O)(=O)N2CCCCC2)cc1)C(C)c1ccc(F)cc1. The molecule has 0 aliphatic carbocycles. The molecule has 1 saturated heterocycles. The Balaban J connectivity index is 1.61. The van der Waals surface area contributed by atoms with Crippen molar-refractivity contribution in [3.05, 3.63) is 65.5 Å². The van der Waals surface area contributed by atoms with E-state index in [9.17, 15) is 17.6 Å². The predicted octanol–water partition coefficient (Wildman–Crippen LogP) is 4.54. The average molecular weight is 447 g/mol. The summed E-state index contributed by atoms with van der Waals surface area (Å²) in [7, 11) is -3.44. The van der Waals surface area contributed by atoms with Gasteiger partial charge in [0.25, 0.3) is 0 Å². The molecule has 1 aliphatic heterocycles. The van der Waals surface area contributed by atoms with Crippen LogP contribution in [-0.2, 0) is 21.2 Å². The maximum Gasteiger partial charge on any atom is 0.243 e. The number of nitrogens with zero attached hydrogens (tertiary/aromatic N) is 2. The largest absolute Gasteiger partial charge is 0.336 e. The molecule has 1 amide bonds. The van der Waals surface area contributed by atoms with Gasteiger partial charge >= 0.3 is 0 Å². The van der Waals surface area contributed by atoms with E-state index in [2.05, 4.69) is 0 Å². The predicted molar refractivity (Wildman–Crippen MR) is 120 cm³/mol. The fourth-order valence-corrected chi connectivity index (χ4v) is 5.58. The van der Waals surface area contributed by atoms with Crippen LogP contribution in [0.5, 0.6) is 0 Å². The minimum atomic E-state index is -3.44. The molecule has 1 aliphatic rings. The summed E-state index contributed by atoms with van der Waals surface area (Å²) >= 11 is 0. The first-order chi connectivity index (χ1) is 14.8. The number of amides is 1. The summed E-state index contributed by atoms with van der Waals surface area (Å²) in [5.41, 5.74) is 1.82. The quantitative estimate of drug-likeness (QED) is 0.598. The van der Waals surface area contributed by atoms with Gasteiger partial charge in [0.15, 0.2) is 0 Å². The van der Waals surface area contributed by atoms with Gasteiger partial charge in [0.1, 0.15) is 5.82 Å². The molecule has 1 heterocycles. The highest BCUT2D eigenvalue weighted by molar-refractivity contribution is 7.89. The van der Waals surface area contributed by atoms with Gasteiger partial charge in [-0.3, -0.25) is 4.79 Å². The van der Waals surface area contributed by atoms with Crippen molar-refractivity contribution >= 4 is 15.9 Å². The normalized spacial score (nSPS) is 16.1. The summed E-state index contributed by atoms with van der Waals surface area (Å²) in [6.07, 6.45) is 3.76. The Kier molecular flexibility index (Phi) is 7.84. The number of benzene rings is 2. The molecular formula is C24H31FN2O3S. The number of aryl methyl sites for hydroxylation is 1. The van der Waals surface area contributed by atoms with Gasteiger partial charge in [0.2, 0.25) is 15.9 Å². The average Bonchev–Trinajstić information content (AvgIpc) is 2.79. The van der Waals surface area contributed by atoms with E-state index in [4.69, 9.17) is 0 Å². The Labute approximate surface area is 184 Å². The molecule has 2 aromatic rings. The minimum absolute atomic E-state index is 0.0179. The monoisotopic (exact) mass is 446 g/mol. The van der Waals surface area contributed by atoms with Gasteiger partial charge in [0.05, 0.1) is 10.9 Å². The third kappa shape index (κ3) is 5.71. The maximum absolute atomic E-state index is 13.2. The number of rotatable bonds is 8. The van der Waals surface area contributed by atoms with Crippen LogP contribution in [0, 0.1) is 5.82 Å². The van der Waals surface area contributed by atoms with Gasteiger partial charge in [-0.05, 0) is 68.5 Å². The van der Waals surface area contributed by atoms with Crippen molar-refractivity contribution in [2.75, 3.05) is 19.6 Å². The van der Waals surface area contributed by atoms with Crippen molar-refractivity contribution in [3.8, 4) is 0 Å². The minimum Gasteiger partial charge on any atom is -0.336 e. The van der Waals surface area contributed by atoms with E-state index >= 15 is 0 Å². The van der Waals surface area contributed by atoms with E-state index in [1.807, 2.05) is 13.8 Å². The van der Waals surface area contributed by atoms with Gasteiger partial charge in [-0.15, -0.1) is 0 Å². The second kappa shape index (κ2) is 10.4. The Bertz CT molecular complexity index is 969. The molecule has 0 aromatic heterocycles. The Hall–Kier alpha value is -2.25. The molecule has 3 rings (SSSR count). The van der Waals surface area contributed by atoms with Gasteiger partial charge < -0.3 is 4.90 Å². The lowest BCUT2D eigenvalue weighted by Gasteiger charge is -2.28. The van der Waals surface area contributed by atoms with Crippen LogP contribution in [-0.4, -0.2) is 43.2 Å². The fraction of sp³-hybridized carbons (Fsp3) is 0.458. The van der Waals surface area contributed by atoms with Crippen LogP contribution in [0.3, 0.4) is 0 Å². The number of sulfonamides is 1. The zero-order valence-electron chi connectivity index (χ0n) is 18.3. The molecule has 1 fully saturated rings. The van der Waals surface area contributed by atoms with Crippen LogP contribution in [0.2, 0.25) is 0 Å². The topological polar surface area (TPSA) is 57.7 Å². The molecule has 0 radical (unpaired) electrons. The summed E-state index contributed by atoms with van der Waals surface area (Å²) in [6, 6.07) is 13.0. The second-order valence-corrected chi connectivity index (χ2v) is 9.95. The summed E-state index contributed by atoms with van der Waals surface area (Å²) in [5.74, 6) is -0.277. The Morgan fingerprint density at radius 3 is 2.23 bits per heavy atom. The smallest absolute Gasteiger partial charge is 0.243 e. The standard InChI is InChI=1S/C24H31FN2O3S/c1-3-27(19(2)21-10-12-22(25)13-11-21)24(28)16-9-20-7-14-23(15-8-20)31(29,30)26-17-5-4-6-18-26/h7-8,10-15,19H,3-6,9,16-18H2,1-2H3. The summed E-state index contributed by atoms with van der Waals surface area (Å²) in [4.78, 5) is 14.9. The van der Waals surface area contributed by atoms with Crippen molar-refractivity contribution in [2.24, 2.45) is 0 Å². The number of carbonyl (C=O) groups is 1. The van der Waals surface area contributed by atoms with Gasteiger partial charge in [-0.25, -0.2) is 12.8 Å². The lowest BCUT2D eigenvalue weighted by atomic mass is 10.0. The molecule has 0 spiro atoms. The van der Waals surface area contributed by atoms with Gasteiger partial charge in [-0.1, -0.05) is 30.7 Å². The highest BCUT2D eigenvalue weighted by Gasteiger charge is 2.26. The number of carbonyl (C=O) groups excluding carboxylic acids is 1. The van der Waals surface area contributed by atoms with E-state index < -0.39 is 10.0 Å². The van der Waals surface area contributed by atoms with Crippen molar-refractivity contribution in [3.63, 3.8) is 0 Å². The molecule has 5 nitrogen and oxygen atoms in total. The van der Waals surface area contributed by atoms with Crippen molar-refractivity contribution in [2.45, 2.75) is 56.9 Å². The van der Waals surface area contributed by atoms with E-state index in [0.717, 1.165) is 30.4 Å². The molecule has 0 N–H and O–H groups in total. The third-order valence-electron chi connectivity index (χ3n) is 5.98. The summed E-state index contributed by atoms with van der Waals surface area (Å²) in [6.45, 7) is 5.59. The first-order valence-corrected chi connectivity index (χ1v) is 12.4. The first kappa shape index (κ1) is 23.4. The van der Waals surface area contributed by atoms with Crippen LogP contribution >= 0.6 is 0 Å². The number of piperidine rings is 1. The molecule has 1 atom stereocenters. The van der Waals surface area contributed by atoms with E-state index in [1.54, 1.807) is 45.6 Å². The zero-order chi connectivity index (χ0) is 22.4. The molecule has 7 heteroatoms. The molecular weight excluding hydrogens is 415 g/mol. The van der Waals surface area contributed by atoms with Crippen molar-refractivity contribution in [1.82, 2.24) is 9.21 Å². The van der Waals surface area contributed by atoms with Crippen LogP contribution in [0.4, 0.5) is 4.39 Å².